The lowest BCUT2D eigenvalue weighted by Gasteiger charge is -2.04. The Bertz CT molecular complexity index is 439. The summed E-state index contributed by atoms with van der Waals surface area (Å²) in [6, 6.07) is 2.56. The van der Waals surface area contributed by atoms with Gasteiger partial charge < -0.3 is 0 Å². The van der Waals surface area contributed by atoms with E-state index in [4.69, 9.17) is 27.8 Å². The molecule has 0 atom stereocenters. The predicted octanol–water partition coefficient (Wildman–Crippen LogP) is 2.55. The molecule has 0 spiro atoms. The Kier molecular flexibility index (Phi) is 2.87. The van der Waals surface area contributed by atoms with Crippen molar-refractivity contribution in [1.29, 1.82) is 0 Å². The first-order valence-electron chi connectivity index (χ1n) is 3.25. The summed E-state index contributed by atoms with van der Waals surface area (Å²) in [6.07, 6.45) is 0. The van der Waals surface area contributed by atoms with Gasteiger partial charge in [-0.1, -0.05) is 23.2 Å². The van der Waals surface area contributed by atoms with Crippen molar-refractivity contribution in [3.63, 3.8) is 0 Å². The first-order valence-corrected chi connectivity index (χ1v) is 5.45. The fraction of sp³-hybridized carbons (Fsp3) is 0.143. The minimum atomic E-state index is -4.25. The molecular formula is C7H6Cl2O3S. The highest BCUT2D eigenvalue weighted by Crippen LogP contribution is 2.27. The molecule has 0 amide bonds. The second kappa shape index (κ2) is 3.46. The Hall–Kier alpha value is -0.290. The van der Waals surface area contributed by atoms with Crippen LogP contribution in [0.15, 0.2) is 17.0 Å². The zero-order chi connectivity index (χ0) is 10.2. The van der Waals surface area contributed by atoms with Crippen LogP contribution >= 0.6 is 23.2 Å². The van der Waals surface area contributed by atoms with E-state index in [1.807, 2.05) is 0 Å². The van der Waals surface area contributed by atoms with Gasteiger partial charge in [-0.3, -0.25) is 4.55 Å². The van der Waals surface area contributed by atoms with Crippen LogP contribution in [0.4, 0.5) is 0 Å². The van der Waals surface area contributed by atoms with E-state index in [1.54, 1.807) is 0 Å². The third kappa shape index (κ3) is 2.34. The number of hydrogen-bond acceptors (Lipinski definition) is 2. The van der Waals surface area contributed by atoms with E-state index in [0.717, 1.165) is 6.07 Å². The zero-order valence-corrected chi connectivity index (χ0v) is 8.91. The molecule has 1 N–H and O–H groups in total. The molecule has 0 aromatic heterocycles. The summed E-state index contributed by atoms with van der Waals surface area (Å²) in [5.41, 5.74) is 0.286. The van der Waals surface area contributed by atoms with Crippen LogP contribution in [0.2, 0.25) is 10.0 Å². The van der Waals surface area contributed by atoms with Crippen molar-refractivity contribution in [1.82, 2.24) is 0 Å². The quantitative estimate of drug-likeness (QED) is 0.768. The topological polar surface area (TPSA) is 54.4 Å². The number of hydrogen-bond donors (Lipinski definition) is 1. The standard InChI is InChI=1S/C7H6Cl2O3S/c1-4-6(9)2-5(8)3-7(4)13(10,11)12/h2-3H,1H3,(H,10,11,12). The maximum atomic E-state index is 10.8. The van der Waals surface area contributed by atoms with Crippen LogP contribution in [0.1, 0.15) is 5.56 Å². The number of rotatable bonds is 1. The van der Waals surface area contributed by atoms with E-state index >= 15 is 0 Å². The molecule has 0 fully saturated rings. The average Bonchev–Trinajstić information content (AvgIpc) is 1.94. The van der Waals surface area contributed by atoms with E-state index in [0.29, 0.717) is 0 Å². The minimum Gasteiger partial charge on any atom is -0.282 e. The highest BCUT2D eigenvalue weighted by Gasteiger charge is 2.15. The normalized spacial score (nSPS) is 11.7. The molecule has 1 aromatic rings. The maximum Gasteiger partial charge on any atom is 0.294 e. The lowest BCUT2D eigenvalue weighted by atomic mass is 10.2. The van der Waals surface area contributed by atoms with Crippen molar-refractivity contribution < 1.29 is 13.0 Å². The largest absolute Gasteiger partial charge is 0.294 e. The molecular weight excluding hydrogens is 235 g/mol. The van der Waals surface area contributed by atoms with Crippen molar-refractivity contribution in [2.45, 2.75) is 11.8 Å². The molecule has 0 bridgehead atoms. The molecule has 1 rings (SSSR count). The predicted molar refractivity (Wildman–Crippen MR) is 51.0 cm³/mol. The van der Waals surface area contributed by atoms with E-state index < -0.39 is 10.1 Å². The molecule has 0 unspecified atom stereocenters. The summed E-state index contributed by atoms with van der Waals surface area (Å²) in [5.74, 6) is 0. The van der Waals surface area contributed by atoms with Gasteiger partial charge in [0.25, 0.3) is 10.1 Å². The van der Waals surface area contributed by atoms with Gasteiger partial charge in [0, 0.05) is 10.0 Å². The summed E-state index contributed by atoms with van der Waals surface area (Å²) >= 11 is 11.2. The van der Waals surface area contributed by atoms with Crippen LogP contribution in [-0.2, 0) is 10.1 Å². The monoisotopic (exact) mass is 240 g/mol. The van der Waals surface area contributed by atoms with E-state index in [-0.39, 0.29) is 20.5 Å². The Morgan fingerprint density at radius 2 is 1.85 bits per heavy atom. The van der Waals surface area contributed by atoms with Crippen LogP contribution in [-0.4, -0.2) is 13.0 Å². The van der Waals surface area contributed by atoms with Crippen LogP contribution in [0, 0.1) is 6.92 Å². The summed E-state index contributed by atoms with van der Waals surface area (Å²) in [7, 11) is -4.25. The molecule has 0 saturated heterocycles. The molecule has 0 aliphatic rings. The van der Waals surface area contributed by atoms with Gasteiger partial charge in [0.2, 0.25) is 0 Å². The Labute approximate surface area is 86.0 Å². The third-order valence-corrected chi connectivity index (χ3v) is 3.13. The molecule has 72 valence electrons. The molecule has 0 saturated carbocycles. The Balaban J connectivity index is 3.56. The van der Waals surface area contributed by atoms with Crippen molar-refractivity contribution in [3.8, 4) is 0 Å². The number of halogens is 2. The summed E-state index contributed by atoms with van der Waals surface area (Å²) in [5, 5.41) is 0.378. The summed E-state index contributed by atoms with van der Waals surface area (Å²) in [4.78, 5) is -0.259. The van der Waals surface area contributed by atoms with E-state index in [9.17, 15) is 8.42 Å². The lowest BCUT2D eigenvalue weighted by Crippen LogP contribution is -2.01. The Morgan fingerprint density at radius 3 is 2.31 bits per heavy atom. The van der Waals surface area contributed by atoms with Crippen LogP contribution in [0.5, 0.6) is 0 Å². The smallest absolute Gasteiger partial charge is 0.282 e. The minimum absolute atomic E-state index is 0.170. The first-order chi connectivity index (χ1) is 5.82. The molecule has 0 heterocycles. The van der Waals surface area contributed by atoms with Gasteiger partial charge >= 0.3 is 0 Å². The van der Waals surface area contributed by atoms with Crippen LogP contribution in [0.25, 0.3) is 0 Å². The Morgan fingerprint density at radius 1 is 1.31 bits per heavy atom. The van der Waals surface area contributed by atoms with E-state index in [1.165, 1.54) is 13.0 Å². The van der Waals surface area contributed by atoms with Crippen LogP contribution < -0.4 is 0 Å². The zero-order valence-electron chi connectivity index (χ0n) is 6.58. The van der Waals surface area contributed by atoms with Gasteiger partial charge in [0.05, 0.1) is 4.90 Å². The highest BCUT2D eigenvalue weighted by molar-refractivity contribution is 7.85. The highest BCUT2D eigenvalue weighted by atomic mass is 35.5. The molecule has 3 nitrogen and oxygen atoms in total. The second-order valence-corrected chi connectivity index (χ2v) is 4.72. The molecule has 0 aliphatic carbocycles. The molecule has 6 heteroatoms. The first kappa shape index (κ1) is 10.8. The van der Waals surface area contributed by atoms with Crippen molar-refractivity contribution >= 4 is 33.3 Å². The van der Waals surface area contributed by atoms with Crippen LogP contribution in [0.3, 0.4) is 0 Å². The summed E-state index contributed by atoms with van der Waals surface area (Å²) < 4.78 is 30.4. The van der Waals surface area contributed by atoms with E-state index in [2.05, 4.69) is 0 Å². The van der Waals surface area contributed by atoms with Gasteiger partial charge in [-0.15, -0.1) is 0 Å². The van der Waals surface area contributed by atoms with Gasteiger partial charge in [0.15, 0.2) is 0 Å². The van der Waals surface area contributed by atoms with Gasteiger partial charge in [-0.05, 0) is 24.6 Å². The fourth-order valence-electron chi connectivity index (χ4n) is 0.890. The van der Waals surface area contributed by atoms with Crippen molar-refractivity contribution in [3.05, 3.63) is 27.7 Å². The van der Waals surface area contributed by atoms with Gasteiger partial charge in [0.1, 0.15) is 0 Å². The van der Waals surface area contributed by atoms with Crippen molar-refractivity contribution in [2.75, 3.05) is 0 Å². The molecule has 13 heavy (non-hydrogen) atoms. The second-order valence-electron chi connectivity index (χ2n) is 2.49. The molecule has 0 radical (unpaired) electrons. The average molecular weight is 241 g/mol. The number of benzene rings is 1. The van der Waals surface area contributed by atoms with Crippen molar-refractivity contribution in [2.24, 2.45) is 0 Å². The lowest BCUT2D eigenvalue weighted by molar-refractivity contribution is 0.482. The molecule has 0 aliphatic heterocycles. The molecule has 1 aromatic carbocycles. The SMILES string of the molecule is Cc1c(Cl)cc(Cl)cc1S(=O)(=O)O. The fourth-order valence-corrected chi connectivity index (χ4v) is 2.28. The third-order valence-electron chi connectivity index (χ3n) is 1.54. The summed E-state index contributed by atoms with van der Waals surface area (Å²) in [6.45, 7) is 1.49. The van der Waals surface area contributed by atoms with Gasteiger partial charge in [-0.25, -0.2) is 0 Å². The maximum absolute atomic E-state index is 10.8. The van der Waals surface area contributed by atoms with Gasteiger partial charge in [-0.2, -0.15) is 8.42 Å².